The predicted octanol–water partition coefficient (Wildman–Crippen LogP) is 3.32. The number of benzene rings is 1. The Labute approximate surface area is 98.6 Å². The monoisotopic (exact) mass is 215 g/mol. The maximum atomic E-state index is 3.69. The number of aryl methyl sites for hydroxylation is 1. The highest BCUT2D eigenvalue weighted by Crippen LogP contribution is 2.12. The molecular formula is C15H21N. The van der Waals surface area contributed by atoms with Crippen LogP contribution in [0.15, 0.2) is 42.5 Å². The molecule has 0 heterocycles. The van der Waals surface area contributed by atoms with Crippen LogP contribution in [0.25, 0.3) is 0 Å². The third kappa shape index (κ3) is 3.49. The van der Waals surface area contributed by atoms with Crippen LogP contribution in [-0.2, 0) is 6.42 Å². The van der Waals surface area contributed by atoms with Crippen molar-refractivity contribution in [1.29, 1.82) is 0 Å². The lowest BCUT2D eigenvalue weighted by molar-refractivity contribution is 0.439. The van der Waals surface area contributed by atoms with Crippen molar-refractivity contribution in [3.05, 3.63) is 48.0 Å². The van der Waals surface area contributed by atoms with Gasteiger partial charge in [-0.25, -0.2) is 0 Å². The number of nitrogens with one attached hydrogen (secondary N) is 1. The summed E-state index contributed by atoms with van der Waals surface area (Å²) in [6.07, 6.45) is 9.37. The summed E-state index contributed by atoms with van der Waals surface area (Å²) < 4.78 is 0. The molecule has 1 N–H and O–H groups in total. The Morgan fingerprint density at radius 3 is 2.56 bits per heavy atom. The molecule has 0 radical (unpaired) electrons. The quantitative estimate of drug-likeness (QED) is 0.743. The van der Waals surface area contributed by atoms with Gasteiger partial charge in [-0.05, 0) is 38.2 Å². The lowest BCUT2D eigenvalue weighted by Crippen LogP contribution is -2.35. The summed E-state index contributed by atoms with van der Waals surface area (Å²) in [5.41, 5.74) is 1.45. The maximum absolute atomic E-state index is 3.69. The van der Waals surface area contributed by atoms with Crippen LogP contribution in [0.5, 0.6) is 0 Å². The fraction of sp³-hybridized carbons (Fsp3) is 0.467. The molecule has 0 saturated heterocycles. The molecule has 0 bridgehead atoms. The summed E-state index contributed by atoms with van der Waals surface area (Å²) in [5.74, 6) is 0. The van der Waals surface area contributed by atoms with Gasteiger partial charge in [-0.2, -0.15) is 0 Å². The summed E-state index contributed by atoms with van der Waals surface area (Å²) in [4.78, 5) is 0. The van der Waals surface area contributed by atoms with Crippen molar-refractivity contribution in [3.63, 3.8) is 0 Å². The molecule has 16 heavy (non-hydrogen) atoms. The minimum Gasteiger partial charge on any atom is -0.311 e. The van der Waals surface area contributed by atoms with Crippen molar-refractivity contribution in [2.75, 3.05) is 0 Å². The molecule has 1 nitrogen and oxygen atoms in total. The lowest BCUT2D eigenvalue weighted by atomic mass is 10.1. The molecule has 0 aliphatic heterocycles. The Morgan fingerprint density at radius 1 is 1.19 bits per heavy atom. The fourth-order valence-electron chi connectivity index (χ4n) is 2.27. The topological polar surface area (TPSA) is 12.0 Å². The molecule has 86 valence electrons. The van der Waals surface area contributed by atoms with Gasteiger partial charge in [-0.15, -0.1) is 0 Å². The maximum Gasteiger partial charge on any atom is 0.0138 e. The van der Waals surface area contributed by atoms with E-state index in [2.05, 4.69) is 54.7 Å². The highest BCUT2D eigenvalue weighted by Gasteiger charge is 2.12. The van der Waals surface area contributed by atoms with E-state index in [1.165, 1.54) is 31.2 Å². The summed E-state index contributed by atoms with van der Waals surface area (Å²) >= 11 is 0. The van der Waals surface area contributed by atoms with Crippen molar-refractivity contribution in [1.82, 2.24) is 5.32 Å². The first-order valence-electron chi connectivity index (χ1n) is 6.29. The molecule has 1 heteroatoms. The summed E-state index contributed by atoms with van der Waals surface area (Å²) in [7, 11) is 0. The average Bonchev–Trinajstić information content (AvgIpc) is 2.81. The van der Waals surface area contributed by atoms with Gasteiger partial charge >= 0.3 is 0 Å². The van der Waals surface area contributed by atoms with Crippen LogP contribution in [0, 0.1) is 0 Å². The number of hydrogen-bond acceptors (Lipinski definition) is 1. The van der Waals surface area contributed by atoms with Gasteiger partial charge in [0.2, 0.25) is 0 Å². The molecule has 0 spiro atoms. The Morgan fingerprint density at radius 2 is 1.88 bits per heavy atom. The SMILES string of the molecule is CC(CCc1ccccc1)NC1CC=CC1. The van der Waals surface area contributed by atoms with Gasteiger partial charge in [0.25, 0.3) is 0 Å². The van der Waals surface area contributed by atoms with Crippen LogP contribution in [-0.4, -0.2) is 12.1 Å². The van der Waals surface area contributed by atoms with E-state index in [9.17, 15) is 0 Å². The molecule has 0 saturated carbocycles. The second-order valence-corrected chi connectivity index (χ2v) is 4.73. The van der Waals surface area contributed by atoms with Crippen LogP contribution < -0.4 is 5.32 Å². The Bertz CT molecular complexity index is 321. The summed E-state index contributed by atoms with van der Waals surface area (Å²) in [6.45, 7) is 2.29. The van der Waals surface area contributed by atoms with E-state index in [1.807, 2.05) is 0 Å². The van der Waals surface area contributed by atoms with Gasteiger partial charge in [0.15, 0.2) is 0 Å². The van der Waals surface area contributed by atoms with E-state index < -0.39 is 0 Å². The third-order valence-corrected chi connectivity index (χ3v) is 3.24. The standard InChI is InChI=1S/C15H21N/c1-13(16-15-9-5-6-10-15)11-12-14-7-3-2-4-8-14/h2-8,13,15-16H,9-12H2,1H3. The van der Waals surface area contributed by atoms with Gasteiger partial charge in [0, 0.05) is 12.1 Å². The van der Waals surface area contributed by atoms with Crippen LogP contribution in [0.3, 0.4) is 0 Å². The van der Waals surface area contributed by atoms with Gasteiger partial charge in [0.05, 0.1) is 0 Å². The molecule has 0 aromatic heterocycles. The van der Waals surface area contributed by atoms with Crippen LogP contribution in [0.1, 0.15) is 31.7 Å². The molecule has 1 aromatic carbocycles. The highest BCUT2D eigenvalue weighted by molar-refractivity contribution is 5.14. The van der Waals surface area contributed by atoms with E-state index in [0.29, 0.717) is 12.1 Å². The van der Waals surface area contributed by atoms with Crippen molar-refractivity contribution in [2.24, 2.45) is 0 Å². The van der Waals surface area contributed by atoms with Crippen LogP contribution in [0.2, 0.25) is 0 Å². The van der Waals surface area contributed by atoms with Gasteiger partial charge in [0.1, 0.15) is 0 Å². The normalized spacial score (nSPS) is 17.8. The molecule has 1 aliphatic rings. The zero-order chi connectivity index (χ0) is 11.2. The van der Waals surface area contributed by atoms with E-state index in [1.54, 1.807) is 0 Å². The highest BCUT2D eigenvalue weighted by atomic mass is 14.9. The smallest absolute Gasteiger partial charge is 0.0138 e. The second-order valence-electron chi connectivity index (χ2n) is 4.73. The summed E-state index contributed by atoms with van der Waals surface area (Å²) in [6, 6.07) is 12.0. The minimum atomic E-state index is 0.616. The molecule has 2 rings (SSSR count). The zero-order valence-electron chi connectivity index (χ0n) is 10.0. The Kier molecular flexibility index (Phi) is 4.17. The molecular weight excluding hydrogens is 194 g/mol. The van der Waals surface area contributed by atoms with Crippen LogP contribution in [0.4, 0.5) is 0 Å². The molecule has 1 unspecified atom stereocenters. The molecule has 0 fully saturated rings. The lowest BCUT2D eigenvalue weighted by Gasteiger charge is -2.19. The zero-order valence-corrected chi connectivity index (χ0v) is 10.0. The first-order chi connectivity index (χ1) is 7.84. The van der Waals surface area contributed by atoms with Crippen molar-refractivity contribution < 1.29 is 0 Å². The summed E-state index contributed by atoms with van der Waals surface area (Å²) in [5, 5.41) is 3.69. The van der Waals surface area contributed by atoms with E-state index in [-0.39, 0.29) is 0 Å². The van der Waals surface area contributed by atoms with Crippen LogP contribution >= 0.6 is 0 Å². The fourth-order valence-corrected chi connectivity index (χ4v) is 2.27. The van der Waals surface area contributed by atoms with Gasteiger partial charge in [-0.3, -0.25) is 0 Å². The van der Waals surface area contributed by atoms with E-state index >= 15 is 0 Å². The van der Waals surface area contributed by atoms with Crippen molar-refractivity contribution >= 4 is 0 Å². The largest absolute Gasteiger partial charge is 0.311 e. The minimum absolute atomic E-state index is 0.616. The first-order valence-corrected chi connectivity index (χ1v) is 6.29. The first kappa shape index (κ1) is 11.4. The van der Waals surface area contributed by atoms with E-state index in [4.69, 9.17) is 0 Å². The van der Waals surface area contributed by atoms with Crippen molar-refractivity contribution in [3.8, 4) is 0 Å². The molecule has 1 aromatic rings. The molecule has 1 atom stereocenters. The third-order valence-electron chi connectivity index (χ3n) is 3.24. The van der Waals surface area contributed by atoms with Crippen molar-refractivity contribution in [2.45, 2.75) is 44.7 Å². The second kappa shape index (κ2) is 5.86. The Balaban J connectivity index is 1.69. The predicted molar refractivity (Wildman–Crippen MR) is 69.5 cm³/mol. The molecule has 0 amide bonds. The number of rotatable bonds is 5. The van der Waals surface area contributed by atoms with Gasteiger partial charge < -0.3 is 5.32 Å². The molecule has 1 aliphatic carbocycles. The van der Waals surface area contributed by atoms with Gasteiger partial charge in [-0.1, -0.05) is 42.5 Å². The number of hydrogen-bond donors (Lipinski definition) is 1. The average molecular weight is 215 g/mol. The van der Waals surface area contributed by atoms with E-state index in [0.717, 1.165) is 0 Å². The Hall–Kier alpha value is -1.08.